The molecule has 3 rings (SSSR count). The molecule has 104 valence electrons. The number of pyridine rings is 1. The molecular weight excluding hydrogens is 268 g/mol. The zero-order valence-corrected chi connectivity index (χ0v) is 11.1. The quantitative estimate of drug-likeness (QED) is 0.797. The summed E-state index contributed by atoms with van der Waals surface area (Å²) in [7, 11) is 0. The van der Waals surface area contributed by atoms with Crippen molar-refractivity contribution in [2.45, 2.75) is 6.54 Å². The van der Waals surface area contributed by atoms with Crippen LogP contribution in [0.2, 0.25) is 0 Å². The van der Waals surface area contributed by atoms with E-state index in [9.17, 15) is 9.59 Å². The lowest BCUT2D eigenvalue weighted by Crippen LogP contribution is -2.24. The molecule has 0 saturated heterocycles. The normalized spacial score (nSPS) is 10.5. The van der Waals surface area contributed by atoms with Gasteiger partial charge < -0.3 is 9.73 Å². The third-order valence-electron chi connectivity index (χ3n) is 3.07. The van der Waals surface area contributed by atoms with Gasteiger partial charge >= 0.3 is 5.63 Å². The van der Waals surface area contributed by atoms with Crippen molar-refractivity contribution in [2.75, 3.05) is 0 Å². The third-order valence-corrected chi connectivity index (χ3v) is 3.07. The van der Waals surface area contributed by atoms with Crippen LogP contribution in [0.15, 0.2) is 64.1 Å². The Morgan fingerprint density at radius 2 is 2.05 bits per heavy atom. The molecule has 0 unspecified atom stereocenters. The number of hydrogen-bond acceptors (Lipinski definition) is 4. The number of rotatable bonds is 3. The van der Waals surface area contributed by atoms with Crippen molar-refractivity contribution in [1.82, 2.24) is 10.3 Å². The number of amides is 1. The Hall–Kier alpha value is -2.95. The minimum atomic E-state index is -0.514. The van der Waals surface area contributed by atoms with Crippen molar-refractivity contribution >= 4 is 16.7 Å². The Bertz CT molecular complexity index is 841. The molecule has 2 aromatic heterocycles. The van der Waals surface area contributed by atoms with Gasteiger partial charge in [0.05, 0.1) is 5.39 Å². The summed E-state index contributed by atoms with van der Waals surface area (Å²) in [6, 6.07) is 12.2. The standard InChI is InChI=1S/C16H12N2O3/c19-15(18-10-11-4-3-7-17-9-11)14-8-12-5-1-2-6-13(12)16(20)21-14/h1-9H,10H2,(H,18,19). The molecule has 0 radical (unpaired) electrons. The third kappa shape index (κ3) is 2.81. The van der Waals surface area contributed by atoms with E-state index in [-0.39, 0.29) is 5.76 Å². The highest BCUT2D eigenvalue weighted by Gasteiger charge is 2.11. The predicted octanol–water partition coefficient (Wildman–Crippen LogP) is 2.12. The monoisotopic (exact) mass is 280 g/mol. The fourth-order valence-corrected chi connectivity index (χ4v) is 2.02. The van der Waals surface area contributed by atoms with Gasteiger partial charge in [0.15, 0.2) is 5.76 Å². The van der Waals surface area contributed by atoms with Crippen LogP contribution in [0.5, 0.6) is 0 Å². The van der Waals surface area contributed by atoms with E-state index in [1.807, 2.05) is 6.07 Å². The highest BCUT2D eigenvalue weighted by Crippen LogP contribution is 2.11. The molecule has 1 amide bonds. The van der Waals surface area contributed by atoms with Gasteiger partial charge in [-0.2, -0.15) is 0 Å². The highest BCUT2D eigenvalue weighted by molar-refractivity contribution is 5.95. The largest absolute Gasteiger partial charge is 0.417 e. The van der Waals surface area contributed by atoms with Crippen LogP contribution in [0.25, 0.3) is 10.8 Å². The first-order valence-corrected chi connectivity index (χ1v) is 6.44. The fraction of sp³-hybridized carbons (Fsp3) is 0.0625. The van der Waals surface area contributed by atoms with Gasteiger partial charge in [-0.25, -0.2) is 4.79 Å². The zero-order chi connectivity index (χ0) is 14.7. The number of benzene rings is 1. The predicted molar refractivity (Wildman–Crippen MR) is 77.9 cm³/mol. The Labute approximate surface area is 120 Å². The molecule has 1 N–H and O–H groups in total. The molecule has 0 atom stereocenters. The first-order valence-electron chi connectivity index (χ1n) is 6.44. The van der Waals surface area contributed by atoms with E-state index in [0.717, 1.165) is 5.56 Å². The Morgan fingerprint density at radius 1 is 1.19 bits per heavy atom. The van der Waals surface area contributed by atoms with Crippen molar-refractivity contribution in [3.05, 3.63) is 76.6 Å². The Morgan fingerprint density at radius 3 is 2.86 bits per heavy atom. The second kappa shape index (κ2) is 5.58. The van der Waals surface area contributed by atoms with Crippen LogP contribution in [-0.4, -0.2) is 10.9 Å². The number of nitrogens with one attached hydrogen (secondary N) is 1. The maximum Gasteiger partial charge on any atom is 0.344 e. The van der Waals surface area contributed by atoms with E-state index in [1.165, 1.54) is 0 Å². The lowest BCUT2D eigenvalue weighted by Gasteiger charge is -2.05. The van der Waals surface area contributed by atoms with Gasteiger partial charge in [-0.15, -0.1) is 0 Å². The van der Waals surface area contributed by atoms with Crippen molar-refractivity contribution in [3.8, 4) is 0 Å². The van der Waals surface area contributed by atoms with E-state index in [0.29, 0.717) is 17.3 Å². The average Bonchev–Trinajstić information content (AvgIpc) is 2.53. The molecule has 5 heteroatoms. The molecule has 0 aliphatic carbocycles. The summed E-state index contributed by atoms with van der Waals surface area (Å²) in [5, 5.41) is 3.84. The van der Waals surface area contributed by atoms with Gasteiger partial charge in [-0.05, 0) is 29.1 Å². The van der Waals surface area contributed by atoms with Crippen LogP contribution in [0, 0.1) is 0 Å². The molecule has 1 aromatic carbocycles. The highest BCUT2D eigenvalue weighted by atomic mass is 16.4. The lowest BCUT2D eigenvalue weighted by molar-refractivity contribution is 0.0919. The van der Waals surface area contributed by atoms with E-state index in [2.05, 4.69) is 10.3 Å². The SMILES string of the molecule is O=C(NCc1cccnc1)c1cc2ccccc2c(=O)o1. The minimum Gasteiger partial charge on any atom is -0.417 e. The van der Waals surface area contributed by atoms with Crippen molar-refractivity contribution in [3.63, 3.8) is 0 Å². The first-order chi connectivity index (χ1) is 10.2. The molecule has 3 aromatic rings. The van der Waals surface area contributed by atoms with Gasteiger partial charge in [0.1, 0.15) is 0 Å². The number of carbonyl (C=O) groups is 1. The lowest BCUT2D eigenvalue weighted by atomic mass is 10.1. The number of fused-ring (bicyclic) bond motifs is 1. The summed E-state index contributed by atoms with van der Waals surface area (Å²) in [4.78, 5) is 27.8. The maximum atomic E-state index is 12.0. The Kier molecular flexibility index (Phi) is 3.47. The molecule has 5 nitrogen and oxygen atoms in total. The smallest absolute Gasteiger partial charge is 0.344 e. The van der Waals surface area contributed by atoms with Gasteiger partial charge in [-0.1, -0.05) is 24.3 Å². The molecule has 0 saturated carbocycles. The molecule has 0 spiro atoms. The number of aromatic nitrogens is 1. The van der Waals surface area contributed by atoms with E-state index in [1.54, 1.807) is 48.8 Å². The van der Waals surface area contributed by atoms with Crippen LogP contribution >= 0.6 is 0 Å². The average molecular weight is 280 g/mol. The molecule has 0 bridgehead atoms. The number of nitrogens with zero attached hydrogens (tertiary/aromatic N) is 1. The van der Waals surface area contributed by atoms with Crippen LogP contribution in [0.3, 0.4) is 0 Å². The summed E-state index contributed by atoms with van der Waals surface area (Å²) in [5.41, 5.74) is 0.355. The number of carbonyl (C=O) groups excluding carboxylic acids is 1. The fourth-order valence-electron chi connectivity index (χ4n) is 2.02. The molecule has 0 aliphatic heterocycles. The summed E-state index contributed by atoms with van der Waals surface area (Å²) in [6.07, 6.45) is 3.32. The van der Waals surface area contributed by atoms with Crippen molar-refractivity contribution < 1.29 is 9.21 Å². The van der Waals surface area contributed by atoms with Crippen LogP contribution < -0.4 is 10.9 Å². The summed E-state index contributed by atoms with van der Waals surface area (Å²) in [5.74, 6) is -0.427. The van der Waals surface area contributed by atoms with Gasteiger partial charge in [0.25, 0.3) is 5.91 Å². The molecule has 0 fully saturated rings. The van der Waals surface area contributed by atoms with E-state index < -0.39 is 11.5 Å². The van der Waals surface area contributed by atoms with E-state index in [4.69, 9.17) is 4.42 Å². The first kappa shape index (κ1) is 13.1. The Balaban J connectivity index is 1.83. The molecule has 21 heavy (non-hydrogen) atoms. The van der Waals surface area contributed by atoms with Crippen molar-refractivity contribution in [2.24, 2.45) is 0 Å². The van der Waals surface area contributed by atoms with Crippen LogP contribution in [-0.2, 0) is 6.54 Å². The van der Waals surface area contributed by atoms with Gasteiger partial charge in [0.2, 0.25) is 0 Å². The second-order valence-electron chi connectivity index (χ2n) is 4.53. The van der Waals surface area contributed by atoms with E-state index >= 15 is 0 Å². The van der Waals surface area contributed by atoms with Crippen molar-refractivity contribution in [1.29, 1.82) is 0 Å². The van der Waals surface area contributed by atoms with Gasteiger partial charge in [-0.3, -0.25) is 9.78 Å². The summed E-state index contributed by atoms with van der Waals surface area (Å²) < 4.78 is 5.06. The van der Waals surface area contributed by atoms with Crippen LogP contribution in [0.1, 0.15) is 16.1 Å². The minimum absolute atomic E-state index is 0.00240. The number of hydrogen-bond donors (Lipinski definition) is 1. The van der Waals surface area contributed by atoms with Gasteiger partial charge in [0, 0.05) is 18.9 Å². The molecule has 2 heterocycles. The zero-order valence-electron chi connectivity index (χ0n) is 11.1. The summed E-state index contributed by atoms with van der Waals surface area (Å²) in [6.45, 7) is 0.323. The second-order valence-corrected chi connectivity index (χ2v) is 4.53. The van der Waals surface area contributed by atoms with Crippen LogP contribution in [0.4, 0.5) is 0 Å². The molecule has 0 aliphatic rings. The summed E-state index contributed by atoms with van der Waals surface area (Å²) >= 11 is 0. The topological polar surface area (TPSA) is 72.2 Å². The maximum absolute atomic E-state index is 12.0. The molecular formula is C16H12N2O3.